The molecule has 2 amide bonds. The van der Waals surface area contributed by atoms with Gasteiger partial charge in [0, 0.05) is 24.4 Å². The molecule has 0 atom stereocenters. The Bertz CT molecular complexity index is 591. The Morgan fingerprint density at radius 3 is 2.31 bits per heavy atom. The molecular weight excluding hydrogens is 328 g/mol. The third-order valence-electron chi connectivity index (χ3n) is 5.75. The van der Waals surface area contributed by atoms with Gasteiger partial charge in [-0.25, -0.2) is 0 Å². The lowest BCUT2D eigenvalue weighted by molar-refractivity contribution is -0.903. The molecule has 3 N–H and O–H groups in total. The molecule has 1 aromatic carbocycles. The third-order valence-corrected chi connectivity index (χ3v) is 5.75. The predicted molar refractivity (Wildman–Crippen MR) is 100 cm³/mol. The minimum atomic E-state index is 0.0966. The second kappa shape index (κ2) is 9.14. The number of carbonyl (C=O) groups is 2. The number of nitrogens with zero attached hydrogens (tertiary/aromatic N) is 1. The van der Waals surface area contributed by atoms with Crippen molar-refractivity contribution in [3.8, 4) is 0 Å². The van der Waals surface area contributed by atoms with Crippen LogP contribution in [0.3, 0.4) is 0 Å². The van der Waals surface area contributed by atoms with Crippen molar-refractivity contribution in [2.24, 2.45) is 0 Å². The number of quaternary nitrogens is 2. The van der Waals surface area contributed by atoms with Crippen LogP contribution in [0.15, 0.2) is 30.3 Å². The topological polar surface area (TPSA) is 58.3 Å². The van der Waals surface area contributed by atoms with E-state index < -0.39 is 0 Å². The number of likely N-dealkylation sites (tertiary alicyclic amines) is 1. The summed E-state index contributed by atoms with van der Waals surface area (Å²) in [5.41, 5.74) is 0.745. The molecule has 6 nitrogen and oxygen atoms in total. The van der Waals surface area contributed by atoms with Crippen LogP contribution in [0.4, 0.5) is 0 Å². The third kappa shape index (κ3) is 5.05. The minimum Gasteiger partial charge on any atom is -0.348 e. The first-order valence-electron chi connectivity index (χ1n) is 9.96. The van der Waals surface area contributed by atoms with Gasteiger partial charge in [-0.15, -0.1) is 0 Å². The van der Waals surface area contributed by atoms with Crippen LogP contribution < -0.4 is 15.1 Å². The van der Waals surface area contributed by atoms with Gasteiger partial charge in [-0.2, -0.15) is 0 Å². The lowest BCUT2D eigenvalue weighted by Gasteiger charge is -2.33. The van der Waals surface area contributed by atoms with E-state index in [-0.39, 0.29) is 11.8 Å². The number of piperidine rings is 1. The SMILES string of the molecule is CC[NH+]1CCC(NC(=O)C[NH+]2CCN(C(=O)c3ccccc3)CC2)CC1. The lowest BCUT2D eigenvalue weighted by Crippen LogP contribution is -3.16. The molecule has 0 saturated carbocycles. The highest BCUT2D eigenvalue weighted by Gasteiger charge is 2.27. The molecule has 2 aliphatic rings. The quantitative estimate of drug-likeness (QED) is 0.581. The van der Waals surface area contributed by atoms with Gasteiger partial charge in [0.05, 0.1) is 45.8 Å². The molecule has 2 fully saturated rings. The standard InChI is InChI=1S/C20H30N4O2/c1-2-22-10-8-18(9-11-22)21-19(25)16-23-12-14-24(15-13-23)20(26)17-6-4-3-5-7-17/h3-7,18H,2,8-16H2,1H3,(H,21,25)/p+2. The highest BCUT2D eigenvalue weighted by molar-refractivity contribution is 5.94. The number of hydrogen-bond donors (Lipinski definition) is 3. The lowest BCUT2D eigenvalue weighted by atomic mass is 10.1. The Morgan fingerprint density at radius 1 is 1.04 bits per heavy atom. The molecule has 2 aliphatic heterocycles. The van der Waals surface area contributed by atoms with Crippen LogP contribution in [0.5, 0.6) is 0 Å². The van der Waals surface area contributed by atoms with E-state index in [0.29, 0.717) is 25.7 Å². The number of rotatable bonds is 5. The van der Waals surface area contributed by atoms with E-state index in [1.165, 1.54) is 11.4 Å². The van der Waals surface area contributed by atoms with Crippen molar-refractivity contribution in [2.75, 3.05) is 52.4 Å². The van der Waals surface area contributed by atoms with Gasteiger partial charge in [-0.1, -0.05) is 18.2 Å². The van der Waals surface area contributed by atoms with Gasteiger partial charge in [0.2, 0.25) is 0 Å². The predicted octanol–water partition coefficient (Wildman–Crippen LogP) is -1.79. The van der Waals surface area contributed by atoms with Crippen LogP contribution in [0, 0.1) is 0 Å². The number of benzene rings is 1. The Kier molecular flexibility index (Phi) is 6.63. The van der Waals surface area contributed by atoms with E-state index in [9.17, 15) is 9.59 Å². The van der Waals surface area contributed by atoms with Crippen LogP contribution >= 0.6 is 0 Å². The molecule has 142 valence electrons. The summed E-state index contributed by atoms with van der Waals surface area (Å²) in [7, 11) is 0. The molecule has 0 spiro atoms. The number of amides is 2. The Labute approximate surface area is 156 Å². The highest BCUT2D eigenvalue weighted by atomic mass is 16.2. The number of hydrogen-bond acceptors (Lipinski definition) is 2. The van der Waals surface area contributed by atoms with Gasteiger partial charge >= 0.3 is 0 Å². The zero-order valence-electron chi connectivity index (χ0n) is 15.8. The van der Waals surface area contributed by atoms with Crippen molar-refractivity contribution in [2.45, 2.75) is 25.8 Å². The summed E-state index contributed by atoms with van der Waals surface area (Å²) in [6.07, 6.45) is 2.17. The Hall–Kier alpha value is -1.92. The second-order valence-electron chi connectivity index (χ2n) is 7.53. The number of nitrogens with one attached hydrogen (secondary N) is 3. The first kappa shape index (κ1) is 18.9. The summed E-state index contributed by atoms with van der Waals surface area (Å²) in [4.78, 5) is 29.6. The first-order valence-corrected chi connectivity index (χ1v) is 9.96. The fourth-order valence-corrected chi connectivity index (χ4v) is 4.00. The Balaban J connectivity index is 1.38. The van der Waals surface area contributed by atoms with Gasteiger partial charge < -0.3 is 20.0 Å². The van der Waals surface area contributed by atoms with Crippen molar-refractivity contribution in [1.82, 2.24) is 10.2 Å². The molecule has 0 radical (unpaired) electrons. The summed E-state index contributed by atoms with van der Waals surface area (Å²) in [5, 5.41) is 3.22. The van der Waals surface area contributed by atoms with Crippen LogP contribution in [0.25, 0.3) is 0 Å². The van der Waals surface area contributed by atoms with Crippen molar-refractivity contribution in [3.05, 3.63) is 35.9 Å². The first-order chi connectivity index (χ1) is 12.7. The molecule has 0 aromatic heterocycles. The van der Waals surface area contributed by atoms with E-state index in [2.05, 4.69) is 12.2 Å². The van der Waals surface area contributed by atoms with Crippen LogP contribution in [-0.4, -0.2) is 75.1 Å². The largest absolute Gasteiger partial charge is 0.348 e. The molecule has 3 rings (SSSR count). The second-order valence-corrected chi connectivity index (χ2v) is 7.53. The molecule has 0 aliphatic carbocycles. The van der Waals surface area contributed by atoms with Crippen molar-refractivity contribution in [3.63, 3.8) is 0 Å². The molecular formula is C20H32N4O2+2. The number of piperazine rings is 1. The maximum Gasteiger partial charge on any atom is 0.275 e. The van der Waals surface area contributed by atoms with Gasteiger partial charge in [0.15, 0.2) is 6.54 Å². The fraction of sp³-hybridized carbons (Fsp3) is 0.600. The maximum atomic E-state index is 12.5. The zero-order chi connectivity index (χ0) is 18.4. The van der Waals surface area contributed by atoms with Crippen molar-refractivity contribution >= 4 is 11.8 Å². The van der Waals surface area contributed by atoms with E-state index in [4.69, 9.17) is 0 Å². The monoisotopic (exact) mass is 360 g/mol. The molecule has 26 heavy (non-hydrogen) atoms. The van der Waals surface area contributed by atoms with E-state index in [1.54, 1.807) is 4.90 Å². The van der Waals surface area contributed by atoms with Crippen molar-refractivity contribution in [1.29, 1.82) is 0 Å². The summed E-state index contributed by atoms with van der Waals surface area (Å²) >= 11 is 0. The summed E-state index contributed by atoms with van der Waals surface area (Å²) in [6.45, 7) is 9.35. The fourth-order valence-electron chi connectivity index (χ4n) is 4.00. The Morgan fingerprint density at radius 2 is 1.69 bits per heavy atom. The van der Waals surface area contributed by atoms with Crippen LogP contribution in [0.2, 0.25) is 0 Å². The summed E-state index contributed by atoms with van der Waals surface area (Å²) in [6, 6.07) is 9.78. The van der Waals surface area contributed by atoms with Gasteiger partial charge in [0.1, 0.15) is 0 Å². The summed E-state index contributed by atoms with van der Waals surface area (Å²) < 4.78 is 0. The zero-order valence-corrected chi connectivity index (χ0v) is 15.8. The van der Waals surface area contributed by atoms with Crippen LogP contribution in [-0.2, 0) is 4.79 Å². The minimum absolute atomic E-state index is 0.0966. The average Bonchev–Trinajstić information content (AvgIpc) is 2.69. The van der Waals surface area contributed by atoms with E-state index in [0.717, 1.165) is 44.6 Å². The van der Waals surface area contributed by atoms with Crippen molar-refractivity contribution < 1.29 is 19.4 Å². The molecule has 0 bridgehead atoms. The van der Waals surface area contributed by atoms with Crippen LogP contribution in [0.1, 0.15) is 30.1 Å². The summed E-state index contributed by atoms with van der Waals surface area (Å²) in [5.74, 6) is 0.257. The molecule has 2 heterocycles. The molecule has 1 aromatic rings. The highest BCUT2D eigenvalue weighted by Crippen LogP contribution is 2.04. The maximum absolute atomic E-state index is 12.5. The average molecular weight is 361 g/mol. The molecule has 6 heteroatoms. The van der Waals surface area contributed by atoms with Gasteiger partial charge in [0.25, 0.3) is 11.8 Å². The molecule has 2 saturated heterocycles. The molecule has 0 unspecified atom stereocenters. The van der Waals surface area contributed by atoms with Gasteiger partial charge in [-0.3, -0.25) is 9.59 Å². The van der Waals surface area contributed by atoms with E-state index in [1.807, 2.05) is 35.2 Å². The smallest absolute Gasteiger partial charge is 0.275 e. The number of carbonyl (C=O) groups excluding carboxylic acids is 2. The normalized spacial score (nSPS) is 24.3. The van der Waals surface area contributed by atoms with E-state index >= 15 is 0 Å². The van der Waals surface area contributed by atoms with Gasteiger partial charge in [-0.05, 0) is 19.1 Å².